The van der Waals surface area contributed by atoms with Gasteiger partial charge in [-0.25, -0.2) is 8.42 Å². The van der Waals surface area contributed by atoms with Gasteiger partial charge in [0.2, 0.25) is 21.8 Å². The van der Waals surface area contributed by atoms with Crippen LogP contribution in [0, 0.1) is 0 Å². The Hall–Kier alpha value is -2.59. The summed E-state index contributed by atoms with van der Waals surface area (Å²) in [5, 5.41) is 3.75. The van der Waals surface area contributed by atoms with Gasteiger partial charge in [-0.2, -0.15) is 0 Å². The Morgan fingerprint density at radius 2 is 1.70 bits per heavy atom. The molecule has 0 aliphatic carbocycles. The van der Waals surface area contributed by atoms with E-state index in [4.69, 9.17) is 23.2 Å². The molecule has 0 fully saturated rings. The fraction of sp³-hybridized carbons (Fsp3) is 0.310. The van der Waals surface area contributed by atoms with Crippen molar-refractivity contribution in [1.29, 1.82) is 0 Å². The molecule has 3 aromatic rings. The number of hydrogen-bond donors (Lipinski definition) is 1. The van der Waals surface area contributed by atoms with Gasteiger partial charge in [-0.1, -0.05) is 88.5 Å². The van der Waals surface area contributed by atoms with E-state index in [1.807, 2.05) is 44.2 Å². The van der Waals surface area contributed by atoms with Crippen LogP contribution in [0.1, 0.15) is 31.4 Å². The van der Waals surface area contributed by atoms with Gasteiger partial charge in [0.1, 0.15) is 12.6 Å². The van der Waals surface area contributed by atoms with Crippen LogP contribution < -0.4 is 9.62 Å². The number of carbonyl (C=O) groups is 2. The van der Waals surface area contributed by atoms with Crippen molar-refractivity contribution in [2.24, 2.45) is 0 Å². The smallest absolute Gasteiger partial charge is 0.244 e. The van der Waals surface area contributed by atoms with Crippen molar-refractivity contribution in [2.75, 3.05) is 17.1 Å². The topological polar surface area (TPSA) is 86.8 Å². The average molecular weight is 669 g/mol. The third-order valence-corrected chi connectivity index (χ3v) is 8.62. The lowest BCUT2D eigenvalue weighted by atomic mass is 10.0. The Kier molecular flexibility index (Phi) is 11.5. The third kappa shape index (κ3) is 8.96. The molecule has 3 rings (SSSR count). The quantitative estimate of drug-likeness (QED) is 0.254. The van der Waals surface area contributed by atoms with Crippen molar-refractivity contribution >= 4 is 66.7 Å². The van der Waals surface area contributed by atoms with E-state index in [9.17, 15) is 18.0 Å². The number of sulfonamides is 1. The Morgan fingerprint density at radius 1 is 1.00 bits per heavy atom. The van der Waals surface area contributed by atoms with Crippen molar-refractivity contribution < 1.29 is 18.0 Å². The van der Waals surface area contributed by atoms with Gasteiger partial charge in [0.15, 0.2) is 0 Å². The highest BCUT2D eigenvalue weighted by atomic mass is 79.9. The molecule has 0 aliphatic rings. The van der Waals surface area contributed by atoms with Gasteiger partial charge in [0, 0.05) is 33.5 Å². The van der Waals surface area contributed by atoms with E-state index in [-0.39, 0.29) is 24.9 Å². The van der Waals surface area contributed by atoms with E-state index in [1.54, 1.807) is 42.5 Å². The minimum atomic E-state index is -3.86. The number of amides is 2. The standard InChI is InChI=1S/C29H32BrCl2N3O4S/c1-4-20(2)33-29(37)27(15-21-9-6-5-7-10-21)34(18-22-13-14-24(31)17-26(22)32)28(36)19-35(40(3,38)39)25-12-8-11-23(30)16-25/h5-14,16-17,20,27H,4,15,18-19H2,1-3H3,(H,33,37)/t20-,27+/m1/s1. The second-order valence-corrected chi connectivity index (χ2v) is 13.2. The van der Waals surface area contributed by atoms with Crippen LogP contribution in [0.5, 0.6) is 0 Å². The molecule has 7 nitrogen and oxygen atoms in total. The second-order valence-electron chi connectivity index (χ2n) is 9.53. The van der Waals surface area contributed by atoms with Crippen molar-refractivity contribution in [3.63, 3.8) is 0 Å². The molecule has 2 amide bonds. The maximum Gasteiger partial charge on any atom is 0.244 e. The molecule has 0 unspecified atom stereocenters. The number of halogens is 3. The van der Waals surface area contributed by atoms with Gasteiger partial charge < -0.3 is 10.2 Å². The maximum atomic E-state index is 14.1. The lowest BCUT2D eigenvalue weighted by Crippen LogP contribution is -2.54. The monoisotopic (exact) mass is 667 g/mol. The van der Waals surface area contributed by atoms with Gasteiger partial charge in [0.25, 0.3) is 0 Å². The summed E-state index contributed by atoms with van der Waals surface area (Å²) >= 11 is 16.0. The zero-order valence-electron chi connectivity index (χ0n) is 22.5. The van der Waals surface area contributed by atoms with E-state index in [0.717, 1.165) is 16.1 Å². The maximum absolute atomic E-state index is 14.1. The number of carbonyl (C=O) groups excluding carboxylic acids is 2. The van der Waals surface area contributed by atoms with Gasteiger partial charge in [0.05, 0.1) is 11.9 Å². The summed E-state index contributed by atoms with van der Waals surface area (Å²) in [6, 6.07) is 19.9. The molecular formula is C29H32BrCl2N3O4S. The fourth-order valence-electron chi connectivity index (χ4n) is 4.07. The molecule has 0 heterocycles. The molecule has 1 N–H and O–H groups in total. The first-order valence-corrected chi connectivity index (χ1v) is 16.1. The lowest BCUT2D eigenvalue weighted by Gasteiger charge is -2.34. The fourth-order valence-corrected chi connectivity index (χ4v) is 5.77. The Labute approximate surface area is 254 Å². The summed E-state index contributed by atoms with van der Waals surface area (Å²) in [6.07, 6.45) is 1.96. The average Bonchev–Trinajstić information content (AvgIpc) is 2.90. The van der Waals surface area contributed by atoms with E-state index in [1.165, 1.54) is 4.90 Å². The highest BCUT2D eigenvalue weighted by Gasteiger charge is 2.33. The van der Waals surface area contributed by atoms with E-state index < -0.39 is 28.5 Å². The first-order chi connectivity index (χ1) is 18.9. The van der Waals surface area contributed by atoms with Crippen molar-refractivity contribution in [2.45, 2.75) is 45.3 Å². The van der Waals surface area contributed by atoms with Crippen LogP contribution in [0.3, 0.4) is 0 Å². The number of nitrogens with one attached hydrogen (secondary N) is 1. The molecule has 0 saturated carbocycles. The van der Waals surface area contributed by atoms with Crippen LogP contribution in [0.4, 0.5) is 5.69 Å². The second kappa shape index (κ2) is 14.3. The zero-order valence-corrected chi connectivity index (χ0v) is 26.4. The third-order valence-electron chi connectivity index (χ3n) is 6.40. The van der Waals surface area contributed by atoms with Crippen LogP contribution in [-0.4, -0.2) is 50.0 Å². The van der Waals surface area contributed by atoms with Gasteiger partial charge in [-0.05, 0) is 54.8 Å². The van der Waals surface area contributed by atoms with E-state index in [0.29, 0.717) is 32.2 Å². The molecule has 0 spiro atoms. The molecule has 0 bridgehead atoms. The lowest BCUT2D eigenvalue weighted by molar-refractivity contribution is -0.140. The molecule has 0 aromatic heterocycles. The molecule has 0 radical (unpaired) electrons. The van der Waals surface area contributed by atoms with Crippen molar-refractivity contribution in [3.05, 3.63) is 98.4 Å². The number of anilines is 1. The van der Waals surface area contributed by atoms with Crippen molar-refractivity contribution in [1.82, 2.24) is 10.2 Å². The van der Waals surface area contributed by atoms with E-state index in [2.05, 4.69) is 21.2 Å². The summed E-state index contributed by atoms with van der Waals surface area (Å²) in [6.45, 7) is 3.30. The van der Waals surface area contributed by atoms with Crippen LogP contribution in [0.25, 0.3) is 0 Å². The largest absolute Gasteiger partial charge is 0.352 e. The Balaban J connectivity index is 2.09. The number of rotatable bonds is 12. The van der Waals surface area contributed by atoms with Gasteiger partial charge in [-0.15, -0.1) is 0 Å². The van der Waals surface area contributed by atoms with E-state index >= 15 is 0 Å². The Bertz CT molecular complexity index is 1440. The minimum absolute atomic E-state index is 0.0314. The number of hydrogen-bond acceptors (Lipinski definition) is 4. The molecule has 40 heavy (non-hydrogen) atoms. The SMILES string of the molecule is CC[C@@H](C)NC(=O)[C@H](Cc1ccccc1)N(Cc1ccc(Cl)cc1Cl)C(=O)CN(c1cccc(Br)c1)S(C)(=O)=O. The van der Waals surface area contributed by atoms with Gasteiger partial charge >= 0.3 is 0 Å². The Morgan fingerprint density at radius 3 is 2.30 bits per heavy atom. The van der Waals surface area contributed by atoms with Gasteiger partial charge in [-0.3, -0.25) is 13.9 Å². The van der Waals surface area contributed by atoms with Crippen LogP contribution in [-0.2, 0) is 32.6 Å². The predicted molar refractivity (Wildman–Crippen MR) is 165 cm³/mol. The summed E-state index contributed by atoms with van der Waals surface area (Å²) in [7, 11) is -3.86. The molecule has 11 heteroatoms. The summed E-state index contributed by atoms with van der Waals surface area (Å²) in [4.78, 5) is 29.2. The van der Waals surface area contributed by atoms with Crippen molar-refractivity contribution in [3.8, 4) is 0 Å². The summed E-state index contributed by atoms with van der Waals surface area (Å²) < 4.78 is 27.4. The molecule has 3 aromatic carbocycles. The molecular weight excluding hydrogens is 637 g/mol. The predicted octanol–water partition coefficient (Wildman–Crippen LogP) is 6.08. The van der Waals surface area contributed by atoms with Crippen LogP contribution in [0.15, 0.2) is 77.3 Å². The molecule has 0 aliphatic heterocycles. The summed E-state index contributed by atoms with van der Waals surface area (Å²) in [5.41, 5.74) is 1.74. The highest BCUT2D eigenvalue weighted by Crippen LogP contribution is 2.26. The normalized spacial score (nSPS) is 12.8. The summed E-state index contributed by atoms with van der Waals surface area (Å²) in [5.74, 6) is -0.901. The molecule has 214 valence electrons. The molecule has 0 saturated heterocycles. The number of benzene rings is 3. The first-order valence-electron chi connectivity index (χ1n) is 12.7. The molecule has 2 atom stereocenters. The van der Waals surface area contributed by atoms with Crippen LogP contribution >= 0.6 is 39.1 Å². The first kappa shape index (κ1) is 31.9. The van der Waals surface area contributed by atoms with Crippen LogP contribution in [0.2, 0.25) is 10.0 Å². The minimum Gasteiger partial charge on any atom is -0.352 e. The zero-order chi connectivity index (χ0) is 29.4. The number of nitrogens with zero attached hydrogens (tertiary/aromatic N) is 2. The highest BCUT2D eigenvalue weighted by molar-refractivity contribution is 9.10.